The number of ether oxygens (including phenoxy) is 1. The second-order valence-corrected chi connectivity index (χ2v) is 10.9. The van der Waals surface area contributed by atoms with E-state index >= 15 is 0 Å². The monoisotopic (exact) mass is 488 g/mol. The van der Waals surface area contributed by atoms with Crippen LogP contribution in [0.15, 0.2) is 47.4 Å². The molecular weight excluding hydrogens is 460 g/mol. The Morgan fingerprint density at radius 1 is 1.21 bits per heavy atom. The van der Waals surface area contributed by atoms with Gasteiger partial charge in [0.2, 0.25) is 10.0 Å². The number of benzene rings is 2. The summed E-state index contributed by atoms with van der Waals surface area (Å²) in [6.07, 6.45) is 1.81. The van der Waals surface area contributed by atoms with E-state index in [2.05, 4.69) is 9.62 Å². The number of hydrogen-bond acceptors (Lipinski definition) is 8. The van der Waals surface area contributed by atoms with E-state index in [-0.39, 0.29) is 29.9 Å². The number of sulfonamides is 1. The summed E-state index contributed by atoms with van der Waals surface area (Å²) in [5.41, 5.74) is 13.7. The van der Waals surface area contributed by atoms with Crippen LogP contribution in [0.5, 0.6) is 5.75 Å². The topological polar surface area (TPSA) is 128 Å². The summed E-state index contributed by atoms with van der Waals surface area (Å²) < 4.78 is 34.3. The Morgan fingerprint density at radius 3 is 2.58 bits per heavy atom. The second kappa shape index (κ2) is 9.68. The Morgan fingerprint density at radius 2 is 1.91 bits per heavy atom. The summed E-state index contributed by atoms with van der Waals surface area (Å²) in [6, 6.07) is 12.3. The van der Waals surface area contributed by atoms with Crippen molar-refractivity contribution in [2.75, 3.05) is 36.9 Å². The van der Waals surface area contributed by atoms with E-state index in [1.54, 1.807) is 18.2 Å². The number of nitrogens with two attached hydrogens (primary N) is 2. The van der Waals surface area contributed by atoms with Gasteiger partial charge in [0.1, 0.15) is 12.4 Å². The van der Waals surface area contributed by atoms with Crippen LogP contribution >= 0.6 is 11.3 Å². The van der Waals surface area contributed by atoms with Gasteiger partial charge in [-0.15, -0.1) is 11.3 Å². The fraction of sp³-hybridized carbons (Fsp3) is 0.348. The molecule has 3 aromatic rings. The van der Waals surface area contributed by atoms with Crippen molar-refractivity contribution in [3.63, 3.8) is 0 Å². The van der Waals surface area contributed by atoms with Crippen LogP contribution < -0.4 is 25.8 Å². The molecule has 2 heterocycles. The quantitative estimate of drug-likeness (QED) is 0.328. The van der Waals surface area contributed by atoms with Gasteiger partial charge in [0.15, 0.2) is 5.78 Å². The van der Waals surface area contributed by atoms with Crippen LogP contribution in [0.3, 0.4) is 0 Å². The molecule has 2 aromatic carbocycles. The number of carbonyl (C=O) groups is 1. The maximum absolute atomic E-state index is 12.4. The van der Waals surface area contributed by atoms with Crippen molar-refractivity contribution >= 4 is 48.6 Å². The highest BCUT2D eigenvalue weighted by atomic mass is 32.2. The van der Waals surface area contributed by atoms with Crippen LogP contribution in [0.1, 0.15) is 29.4 Å². The number of nitrogens with one attached hydrogen (secondary N) is 1. The van der Waals surface area contributed by atoms with Gasteiger partial charge in [0, 0.05) is 49.1 Å². The minimum Gasteiger partial charge on any atom is -0.491 e. The van der Waals surface area contributed by atoms with Crippen molar-refractivity contribution in [3.8, 4) is 5.75 Å². The second-order valence-electron chi connectivity index (χ2n) is 8.10. The van der Waals surface area contributed by atoms with Crippen LogP contribution in [0.4, 0.5) is 11.4 Å². The van der Waals surface area contributed by atoms with Crippen LogP contribution in [0, 0.1) is 0 Å². The van der Waals surface area contributed by atoms with Crippen molar-refractivity contribution in [2.45, 2.75) is 30.7 Å². The molecule has 1 fully saturated rings. The lowest BCUT2D eigenvalue weighted by atomic mass is 10.0. The Bertz CT molecular complexity index is 1250. The Labute approximate surface area is 197 Å². The Kier molecular flexibility index (Phi) is 6.89. The van der Waals surface area contributed by atoms with E-state index in [9.17, 15) is 13.2 Å². The average Bonchev–Trinajstić information content (AvgIpc) is 3.14. The number of nitrogens with zero attached hydrogens (tertiary/aromatic N) is 1. The fourth-order valence-corrected chi connectivity index (χ4v) is 6.04. The van der Waals surface area contributed by atoms with Crippen molar-refractivity contribution in [3.05, 3.63) is 47.3 Å². The first-order valence-corrected chi connectivity index (χ1v) is 13.1. The predicted octanol–water partition coefficient (Wildman–Crippen LogP) is 2.97. The third-order valence-electron chi connectivity index (χ3n) is 5.71. The number of Topliss-reactive ketones (excluding diaryl/α,β-unsaturated/α-hetero) is 1. The molecule has 0 aliphatic carbocycles. The van der Waals surface area contributed by atoms with Gasteiger partial charge >= 0.3 is 0 Å². The van der Waals surface area contributed by atoms with E-state index in [0.29, 0.717) is 21.7 Å². The molecule has 1 aromatic heterocycles. The van der Waals surface area contributed by atoms with Crippen LogP contribution in [-0.2, 0) is 10.0 Å². The molecule has 176 valence electrons. The molecule has 0 bridgehead atoms. The highest BCUT2D eigenvalue weighted by Crippen LogP contribution is 2.43. The lowest BCUT2D eigenvalue weighted by Crippen LogP contribution is -2.39. The van der Waals surface area contributed by atoms with Gasteiger partial charge in [-0.3, -0.25) is 4.79 Å². The molecule has 0 atom stereocenters. The zero-order valence-corrected chi connectivity index (χ0v) is 20.0. The number of hydrogen-bond donors (Lipinski definition) is 3. The van der Waals surface area contributed by atoms with Gasteiger partial charge in [-0.05, 0) is 31.0 Å². The third-order valence-corrected chi connectivity index (χ3v) is 8.44. The first-order chi connectivity index (χ1) is 15.8. The number of fused-ring (bicyclic) bond motifs is 1. The average molecular weight is 489 g/mol. The van der Waals surface area contributed by atoms with Crippen molar-refractivity contribution in [1.29, 1.82) is 0 Å². The smallest absolute Gasteiger partial charge is 0.240 e. The zero-order chi connectivity index (χ0) is 23.6. The Balaban J connectivity index is 1.56. The molecule has 1 saturated heterocycles. The third kappa shape index (κ3) is 5.14. The summed E-state index contributed by atoms with van der Waals surface area (Å²) in [7, 11) is -3.62. The molecule has 0 saturated carbocycles. The molecule has 1 aliphatic heterocycles. The lowest BCUT2D eigenvalue weighted by Gasteiger charge is -2.32. The molecule has 4 rings (SSSR count). The largest absolute Gasteiger partial charge is 0.491 e. The molecule has 10 heteroatoms. The molecule has 0 radical (unpaired) electrons. The number of ketones is 1. The predicted molar refractivity (Wildman–Crippen MR) is 133 cm³/mol. The summed E-state index contributed by atoms with van der Waals surface area (Å²) in [4.78, 5) is 15.0. The highest BCUT2D eigenvalue weighted by Gasteiger charge is 2.22. The minimum atomic E-state index is -3.62. The van der Waals surface area contributed by atoms with Crippen LogP contribution in [-0.4, -0.2) is 46.5 Å². The molecule has 0 unspecified atom stereocenters. The summed E-state index contributed by atoms with van der Waals surface area (Å²) in [6.45, 7) is 3.37. The molecule has 5 N–H and O–H groups in total. The van der Waals surface area contributed by atoms with Gasteiger partial charge in [0.25, 0.3) is 0 Å². The molecule has 8 nitrogen and oxygen atoms in total. The van der Waals surface area contributed by atoms with Crippen LogP contribution in [0.25, 0.3) is 10.1 Å². The first kappa shape index (κ1) is 23.5. The molecular formula is C23H28N4O4S2. The molecule has 0 amide bonds. The number of carbonyl (C=O) groups excluding carboxylic acids is 1. The summed E-state index contributed by atoms with van der Waals surface area (Å²) in [5.74, 6) is 0.443. The minimum absolute atomic E-state index is 0.0884. The van der Waals surface area contributed by atoms with Gasteiger partial charge in [0.05, 0.1) is 20.8 Å². The molecule has 1 aliphatic rings. The van der Waals surface area contributed by atoms with Gasteiger partial charge in [-0.25, -0.2) is 13.1 Å². The molecule has 0 spiro atoms. The first-order valence-electron chi connectivity index (χ1n) is 10.8. The van der Waals surface area contributed by atoms with E-state index < -0.39 is 10.0 Å². The van der Waals surface area contributed by atoms with E-state index in [4.69, 9.17) is 16.2 Å². The number of rotatable bonds is 8. The maximum Gasteiger partial charge on any atom is 0.240 e. The maximum atomic E-state index is 12.4. The zero-order valence-electron chi connectivity index (χ0n) is 18.4. The standard InChI is InChI=1S/C23H28N4O4S2/c1-15(28)23-22(25)21-19(31-12-9-26-33(29,30)18-5-3-2-4-6-18)13-17(14-20(21)32-23)27-10-7-16(24)8-11-27/h2-6,13-14,16,26H,7-12,24-25H2,1H3. The fourth-order valence-electron chi connectivity index (χ4n) is 3.94. The highest BCUT2D eigenvalue weighted by molar-refractivity contribution is 7.89. The van der Waals surface area contributed by atoms with Gasteiger partial charge in [-0.1, -0.05) is 18.2 Å². The number of thiophene rings is 1. The van der Waals surface area contributed by atoms with Gasteiger partial charge < -0.3 is 21.1 Å². The summed E-state index contributed by atoms with van der Waals surface area (Å²) >= 11 is 1.35. The van der Waals surface area contributed by atoms with Crippen molar-refractivity contribution in [2.24, 2.45) is 5.73 Å². The molecule has 33 heavy (non-hydrogen) atoms. The van der Waals surface area contributed by atoms with E-state index in [1.807, 2.05) is 12.1 Å². The van der Waals surface area contributed by atoms with E-state index in [1.165, 1.54) is 30.4 Å². The SMILES string of the molecule is CC(=O)c1sc2cc(N3CCC(N)CC3)cc(OCCNS(=O)(=O)c3ccccc3)c2c1N. The number of piperidine rings is 1. The lowest BCUT2D eigenvalue weighted by molar-refractivity contribution is 0.102. The van der Waals surface area contributed by atoms with Gasteiger partial charge in [-0.2, -0.15) is 0 Å². The van der Waals surface area contributed by atoms with Crippen LogP contribution in [0.2, 0.25) is 0 Å². The Hall–Kier alpha value is -2.66. The normalized spacial score (nSPS) is 15.2. The summed E-state index contributed by atoms with van der Waals surface area (Å²) in [5, 5.41) is 0.688. The number of anilines is 2. The number of nitrogen functional groups attached to an aromatic ring is 1. The van der Waals surface area contributed by atoms with E-state index in [0.717, 1.165) is 36.3 Å². The van der Waals surface area contributed by atoms with Crippen molar-refractivity contribution in [1.82, 2.24) is 4.72 Å². The van der Waals surface area contributed by atoms with Crippen molar-refractivity contribution < 1.29 is 17.9 Å².